The normalized spacial score (nSPS) is 10.8. The average Bonchev–Trinajstić information content (AvgIpc) is 3.11. The van der Waals surface area contributed by atoms with E-state index in [2.05, 4.69) is 31.6 Å². The number of aromatic nitrogens is 4. The predicted octanol–water partition coefficient (Wildman–Crippen LogP) is 0.553. The van der Waals surface area contributed by atoms with E-state index in [0.29, 0.717) is 90.0 Å². The summed E-state index contributed by atoms with van der Waals surface area (Å²) in [6.07, 6.45) is 4.88. The van der Waals surface area contributed by atoms with Crippen molar-refractivity contribution >= 4 is 17.8 Å². The van der Waals surface area contributed by atoms with Crippen LogP contribution >= 0.6 is 0 Å². The Morgan fingerprint density at radius 2 is 1.28 bits per heavy atom. The van der Waals surface area contributed by atoms with Gasteiger partial charge in [-0.05, 0) is 31.2 Å². The molecule has 2 amide bonds. The summed E-state index contributed by atoms with van der Waals surface area (Å²) in [6.45, 7) is 6.89. The van der Waals surface area contributed by atoms with Crippen LogP contribution in [0.2, 0.25) is 0 Å². The number of carboxylic acid groups (broad SMARTS) is 1. The van der Waals surface area contributed by atoms with E-state index in [9.17, 15) is 14.4 Å². The standard InChI is InChI=1S/C33H48N6O11/c1-3-14-44-17-19-46-16-13-39(12-11-34-30(40)8-9-32(42)43)31(41)10-15-45-18-20-47-21-22-48-23-24-49-25-26-50-29-6-4-28(5-7-29)33-37-35-27(2)36-38-33/h1,4-7H,8-26H2,2H3,(H,34,40)(H,42,43). The maximum atomic E-state index is 12.8. The van der Waals surface area contributed by atoms with Gasteiger partial charge >= 0.3 is 5.97 Å². The molecule has 1 heterocycles. The fourth-order valence-electron chi connectivity index (χ4n) is 3.92. The molecule has 50 heavy (non-hydrogen) atoms. The van der Waals surface area contributed by atoms with Gasteiger partial charge in [0.1, 0.15) is 19.0 Å². The Bertz CT molecular complexity index is 1260. The van der Waals surface area contributed by atoms with E-state index in [1.54, 1.807) is 11.8 Å². The Morgan fingerprint density at radius 3 is 1.88 bits per heavy atom. The molecule has 0 aliphatic rings. The van der Waals surface area contributed by atoms with Crippen molar-refractivity contribution in [3.05, 3.63) is 30.1 Å². The number of rotatable bonds is 30. The maximum absolute atomic E-state index is 12.8. The van der Waals surface area contributed by atoms with Crippen LogP contribution in [0.4, 0.5) is 0 Å². The highest BCUT2D eigenvalue weighted by atomic mass is 16.6. The fourth-order valence-corrected chi connectivity index (χ4v) is 3.92. The first-order valence-corrected chi connectivity index (χ1v) is 16.3. The molecule has 1 aromatic carbocycles. The van der Waals surface area contributed by atoms with E-state index in [-0.39, 0.29) is 58.1 Å². The highest BCUT2D eigenvalue weighted by molar-refractivity contribution is 5.80. The lowest BCUT2D eigenvalue weighted by Gasteiger charge is -2.23. The molecular formula is C33H48N6O11. The fraction of sp³-hybridized carbons (Fsp3) is 0.606. The van der Waals surface area contributed by atoms with Gasteiger partial charge in [0.2, 0.25) is 17.6 Å². The Labute approximate surface area is 292 Å². The Kier molecular flexibility index (Phi) is 23.0. The topological polar surface area (TPSA) is 203 Å². The van der Waals surface area contributed by atoms with Crippen LogP contribution in [0.15, 0.2) is 24.3 Å². The van der Waals surface area contributed by atoms with Gasteiger partial charge < -0.3 is 48.5 Å². The van der Waals surface area contributed by atoms with E-state index in [0.717, 1.165) is 5.56 Å². The molecular weight excluding hydrogens is 656 g/mol. The molecule has 2 aromatic rings. The quantitative estimate of drug-likeness (QED) is 0.0843. The van der Waals surface area contributed by atoms with E-state index in [1.165, 1.54) is 0 Å². The first-order valence-electron chi connectivity index (χ1n) is 16.3. The van der Waals surface area contributed by atoms with Crippen LogP contribution in [-0.4, -0.2) is 154 Å². The molecule has 0 fully saturated rings. The smallest absolute Gasteiger partial charge is 0.303 e. The minimum atomic E-state index is -1.05. The molecule has 0 aliphatic heterocycles. The second-order valence-electron chi connectivity index (χ2n) is 10.3. The molecule has 2 N–H and O–H groups in total. The highest BCUT2D eigenvalue weighted by Crippen LogP contribution is 2.18. The third-order valence-electron chi connectivity index (χ3n) is 6.45. The van der Waals surface area contributed by atoms with Crippen LogP contribution in [0.25, 0.3) is 11.4 Å². The molecule has 17 nitrogen and oxygen atoms in total. The Hall–Kier alpha value is -4.31. The molecule has 2 rings (SSSR count). The van der Waals surface area contributed by atoms with Crippen molar-refractivity contribution < 1.29 is 52.6 Å². The zero-order chi connectivity index (χ0) is 36.1. The van der Waals surface area contributed by atoms with Crippen molar-refractivity contribution in [1.82, 2.24) is 30.6 Å². The van der Waals surface area contributed by atoms with E-state index in [1.807, 2.05) is 24.3 Å². The molecule has 1 aromatic heterocycles. The first kappa shape index (κ1) is 41.9. The van der Waals surface area contributed by atoms with E-state index < -0.39 is 11.9 Å². The molecule has 0 spiro atoms. The lowest BCUT2D eigenvalue weighted by atomic mass is 10.2. The van der Waals surface area contributed by atoms with Gasteiger partial charge in [-0.15, -0.1) is 26.8 Å². The first-order chi connectivity index (χ1) is 24.4. The molecule has 0 unspecified atom stereocenters. The summed E-state index contributed by atoms with van der Waals surface area (Å²) < 4.78 is 38.4. The van der Waals surface area contributed by atoms with Gasteiger partial charge in [0, 0.05) is 31.6 Å². The van der Waals surface area contributed by atoms with E-state index >= 15 is 0 Å². The van der Waals surface area contributed by atoms with Crippen LogP contribution in [-0.2, 0) is 42.8 Å². The lowest BCUT2D eigenvalue weighted by molar-refractivity contribution is -0.138. The van der Waals surface area contributed by atoms with Gasteiger partial charge in [-0.25, -0.2) is 0 Å². The molecule has 0 atom stereocenters. The van der Waals surface area contributed by atoms with Crippen LogP contribution in [0, 0.1) is 19.3 Å². The number of hydrogen-bond acceptors (Lipinski definition) is 14. The zero-order valence-corrected chi connectivity index (χ0v) is 28.6. The number of aliphatic carboxylic acids is 1. The average molecular weight is 705 g/mol. The highest BCUT2D eigenvalue weighted by Gasteiger charge is 2.14. The largest absolute Gasteiger partial charge is 0.491 e. The Balaban J connectivity index is 1.46. The molecule has 0 bridgehead atoms. The molecule has 0 saturated carbocycles. The number of nitrogens with one attached hydrogen (secondary N) is 1. The maximum Gasteiger partial charge on any atom is 0.303 e. The molecule has 276 valence electrons. The summed E-state index contributed by atoms with van der Waals surface area (Å²) in [6, 6.07) is 7.33. The number of carboxylic acids is 1. The molecule has 0 saturated heterocycles. The number of nitrogens with zero attached hydrogens (tertiary/aromatic N) is 5. The number of ether oxygens (including phenoxy) is 7. The van der Waals surface area contributed by atoms with Crippen molar-refractivity contribution in [1.29, 1.82) is 0 Å². The predicted molar refractivity (Wildman–Crippen MR) is 178 cm³/mol. The van der Waals surface area contributed by atoms with Gasteiger partial charge in [-0.2, -0.15) is 0 Å². The van der Waals surface area contributed by atoms with Crippen LogP contribution < -0.4 is 10.1 Å². The second-order valence-corrected chi connectivity index (χ2v) is 10.3. The van der Waals surface area contributed by atoms with E-state index in [4.69, 9.17) is 44.7 Å². The third-order valence-corrected chi connectivity index (χ3v) is 6.45. The minimum absolute atomic E-state index is 0.127. The molecule has 17 heteroatoms. The number of carbonyl (C=O) groups is 3. The second kappa shape index (κ2) is 27.5. The Morgan fingerprint density at radius 1 is 0.720 bits per heavy atom. The van der Waals surface area contributed by atoms with Crippen molar-refractivity contribution in [3.63, 3.8) is 0 Å². The summed E-state index contributed by atoms with van der Waals surface area (Å²) in [7, 11) is 0. The van der Waals surface area contributed by atoms with Gasteiger partial charge in [0.05, 0.1) is 85.5 Å². The SMILES string of the molecule is C#CCOCCOCCN(CCNC(=O)CCC(=O)O)C(=O)CCOCCOCCOCCOCCOc1ccc(-c2nnc(C)nn2)cc1. The van der Waals surface area contributed by atoms with Gasteiger partial charge in [-0.1, -0.05) is 5.92 Å². The van der Waals surface area contributed by atoms with Gasteiger partial charge in [-0.3, -0.25) is 14.4 Å². The number of aryl methyl sites for hydroxylation is 1. The zero-order valence-electron chi connectivity index (χ0n) is 28.6. The van der Waals surface area contributed by atoms with Crippen molar-refractivity contribution in [2.75, 3.05) is 106 Å². The van der Waals surface area contributed by atoms with Crippen LogP contribution in [0.5, 0.6) is 5.75 Å². The monoisotopic (exact) mass is 704 g/mol. The van der Waals surface area contributed by atoms with Gasteiger partial charge in [0.15, 0.2) is 5.82 Å². The number of benzene rings is 1. The summed E-state index contributed by atoms with van der Waals surface area (Å²) in [4.78, 5) is 36.8. The molecule has 0 aliphatic carbocycles. The number of amides is 2. The van der Waals surface area contributed by atoms with Crippen molar-refractivity contribution in [2.45, 2.75) is 26.2 Å². The molecule has 0 radical (unpaired) electrons. The summed E-state index contributed by atoms with van der Waals surface area (Å²) in [5, 5.41) is 27.2. The minimum Gasteiger partial charge on any atom is -0.491 e. The summed E-state index contributed by atoms with van der Waals surface area (Å²) in [5.74, 6) is 2.42. The third kappa shape index (κ3) is 20.9. The van der Waals surface area contributed by atoms with Crippen LogP contribution in [0.1, 0.15) is 25.1 Å². The number of carbonyl (C=O) groups excluding carboxylic acids is 2. The number of hydrogen-bond donors (Lipinski definition) is 2. The van der Waals surface area contributed by atoms with Gasteiger partial charge in [0.25, 0.3) is 0 Å². The summed E-state index contributed by atoms with van der Waals surface area (Å²) >= 11 is 0. The number of terminal acetylenes is 1. The van der Waals surface area contributed by atoms with Crippen molar-refractivity contribution in [3.8, 4) is 29.5 Å². The van der Waals surface area contributed by atoms with Crippen LogP contribution in [0.3, 0.4) is 0 Å². The lowest BCUT2D eigenvalue weighted by Crippen LogP contribution is -2.40. The summed E-state index contributed by atoms with van der Waals surface area (Å²) in [5.41, 5.74) is 0.797. The van der Waals surface area contributed by atoms with Crippen molar-refractivity contribution in [2.24, 2.45) is 0 Å².